The number of aryl methyl sites for hydroxylation is 1. The minimum absolute atomic E-state index is 0.998. The van der Waals surface area contributed by atoms with Crippen molar-refractivity contribution in [2.45, 2.75) is 38.1 Å². The maximum atomic E-state index is 2.40. The molecule has 22 heavy (non-hydrogen) atoms. The maximum absolute atomic E-state index is 2.40. The number of benzene rings is 1. The molecule has 0 bridgehead atoms. The topological polar surface area (TPSA) is 7.12 Å². The lowest BCUT2D eigenvalue weighted by molar-refractivity contribution is -0.699. The molecule has 1 aromatic carbocycles. The van der Waals surface area contributed by atoms with Gasteiger partial charge in [-0.2, -0.15) is 4.57 Å². The molecule has 3 rings (SSSR count). The van der Waals surface area contributed by atoms with Gasteiger partial charge in [0.1, 0.15) is 6.54 Å². The molecule has 0 saturated carbocycles. The van der Waals surface area contributed by atoms with Crippen LogP contribution < -0.4 is 9.47 Å². The van der Waals surface area contributed by atoms with Gasteiger partial charge in [0.25, 0.3) is 0 Å². The second kappa shape index (κ2) is 7.01. The van der Waals surface area contributed by atoms with E-state index in [0.29, 0.717) is 0 Å². The van der Waals surface area contributed by atoms with Crippen molar-refractivity contribution in [1.82, 2.24) is 0 Å². The predicted octanol–water partition coefficient (Wildman–Crippen LogP) is 4.70. The van der Waals surface area contributed by atoms with E-state index < -0.39 is 0 Å². The molecule has 0 saturated heterocycles. The molecule has 0 spiro atoms. The normalized spacial score (nSPS) is 15.4. The van der Waals surface area contributed by atoms with E-state index in [9.17, 15) is 0 Å². The summed E-state index contributed by atoms with van der Waals surface area (Å²) in [5.74, 6) is 0. The molecule has 2 heterocycles. The van der Waals surface area contributed by atoms with E-state index in [2.05, 4.69) is 78.1 Å². The van der Waals surface area contributed by atoms with Crippen LogP contribution in [0.2, 0.25) is 0 Å². The van der Waals surface area contributed by atoms with E-state index in [1.165, 1.54) is 34.1 Å². The van der Waals surface area contributed by atoms with Crippen LogP contribution in [-0.2, 0) is 6.54 Å². The molecule has 0 radical (unpaired) electrons. The lowest BCUT2D eigenvalue weighted by atomic mass is 10.2. The Hall–Kier alpha value is -1.74. The first-order chi connectivity index (χ1) is 10.8. The molecule has 1 aliphatic heterocycles. The highest BCUT2D eigenvalue weighted by Crippen LogP contribution is 2.45. The van der Waals surface area contributed by atoms with Crippen molar-refractivity contribution in [3.05, 3.63) is 59.4 Å². The number of unbranched alkanes of at least 4 members (excludes halogenated alkanes) is 1. The summed E-state index contributed by atoms with van der Waals surface area (Å²) in [7, 11) is 0. The largest absolute Gasteiger partial charge is 0.335 e. The van der Waals surface area contributed by atoms with Crippen LogP contribution in [0.4, 0.5) is 5.69 Å². The molecule has 0 fully saturated rings. The zero-order valence-corrected chi connectivity index (χ0v) is 14.1. The number of thioether (sulfide) groups is 1. The Kier molecular flexibility index (Phi) is 4.84. The molecular weight excluding hydrogens is 288 g/mol. The van der Waals surface area contributed by atoms with E-state index in [1.54, 1.807) is 0 Å². The molecule has 2 aromatic rings. The zero-order chi connectivity index (χ0) is 15.4. The summed E-state index contributed by atoms with van der Waals surface area (Å²) in [4.78, 5) is 3.75. The molecule has 0 atom stereocenters. The first-order valence-electron chi connectivity index (χ1n) is 8.08. The Balaban J connectivity index is 1.93. The van der Waals surface area contributed by atoms with Gasteiger partial charge in [-0.05, 0) is 25.1 Å². The zero-order valence-electron chi connectivity index (χ0n) is 13.3. The Bertz CT molecular complexity index is 679. The van der Waals surface area contributed by atoms with Gasteiger partial charge in [0.15, 0.2) is 6.20 Å². The third kappa shape index (κ3) is 3.05. The number of rotatable bonds is 5. The summed E-state index contributed by atoms with van der Waals surface area (Å²) in [6, 6.07) is 15.1. The number of hydrogen-bond acceptors (Lipinski definition) is 2. The van der Waals surface area contributed by atoms with E-state index in [-0.39, 0.29) is 0 Å². The number of hydrogen-bond donors (Lipinski definition) is 0. The average molecular weight is 311 g/mol. The van der Waals surface area contributed by atoms with E-state index in [1.807, 2.05) is 11.8 Å². The van der Waals surface area contributed by atoms with Crippen LogP contribution in [-0.4, -0.2) is 6.54 Å². The monoisotopic (exact) mass is 311 g/mol. The van der Waals surface area contributed by atoms with Gasteiger partial charge in [0.05, 0.1) is 10.7 Å². The molecule has 2 nitrogen and oxygen atoms in total. The number of aromatic nitrogens is 1. The molecule has 1 aromatic heterocycles. The second-order valence-electron chi connectivity index (χ2n) is 5.47. The maximum Gasteiger partial charge on any atom is 0.207 e. The molecule has 3 heteroatoms. The highest BCUT2D eigenvalue weighted by molar-refractivity contribution is 8.03. The summed E-state index contributed by atoms with van der Waals surface area (Å²) in [5.41, 5.74) is 2.61. The van der Waals surface area contributed by atoms with Gasteiger partial charge < -0.3 is 4.90 Å². The molecule has 1 aliphatic rings. The van der Waals surface area contributed by atoms with Crippen LogP contribution >= 0.6 is 11.8 Å². The third-order valence-electron chi connectivity index (χ3n) is 3.95. The Labute approximate surface area is 137 Å². The lowest BCUT2D eigenvalue weighted by Crippen LogP contribution is -2.36. The fourth-order valence-corrected chi connectivity index (χ4v) is 3.94. The van der Waals surface area contributed by atoms with Crippen LogP contribution in [0, 0.1) is 0 Å². The van der Waals surface area contributed by atoms with Crippen LogP contribution in [0.3, 0.4) is 0 Å². The van der Waals surface area contributed by atoms with Gasteiger partial charge in [-0.25, -0.2) is 0 Å². The minimum Gasteiger partial charge on any atom is -0.335 e. The van der Waals surface area contributed by atoms with Gasteiger partial charge in [-0.3, -0.25) is 0 Å². The van der Waals surface area contributed by atoms with Gasteiger partial charge in [-0.15, -0.1) is 0 Å². The number of nitrogens with zero attached hydrogens (tertiary/aromatic N) is 2. The quantitative estimate of drug-likeness (QED) is 0.739. The summed E-state index contributed by atoms with van der Waals surface area (Å²) >= 11 is 1.87. The summed E-state index contributed by atoms with van der Waals surface area (Å²) in [5, 5.41) is 1.32. The highest BCUT2D eigenvalue weighted by Gasteiger charge is 2.24. The number of anilines is 1. The van der Waals surface area contributed by atoms with Crippen molar-refractivity contribution in [3.63, 3.8) is 0 Å². The van der Waals surface area contributed by atoms with Crippen LogP contribution in [0.5, 0.6) is 0 Å². The Morgan fingerprint density at radius 2 is 1.91 bits per heavy atom. The van der Waals surface area contributed by atoms with Crippen molar-refractivity contribution in [1.29, 1.82) is 0 Å². The van der Waals surface area contributed by atoms with Gasteiger partial charge >= 0.3 is 0 Å². The molecule has 0 aliphatic carbocycles. The van der Waals surface area contributed by atoms with E-state index in [4.69, 9.17) is 0 Å². The molecule has 0 N–H and O–H groups in total. The first kappa shape index (κ1) is 15.2. The molecule has 114 valence electrons. The lowest BCUT2D eigenvalue weighted by Gasteiger charge is -2.17. The predicted molar refractivity (Wildman–Crippen MR) is 94.8 cm³/mol. The molecular formula is C19H23N2S+. The second-order valence-corrected chi connectivity index (χ2v) is 6.53. The Morgan fingerprint density at radius 1 is 1.09 bits per heavy atom. The molecule has 0 unspecified atom stereocenters. The van der Waals surface area contributed by atoms with E-state index in [0.717, 1.165) is 13.1 Å². The molecule has 0 amide bonds. The highest BCUT2D eigenvalue weighted by atomic mass is 32.2. The minimum atomic E-state index is 0.998. The van der Waals surface area contributed by atoms with E-state index >= 15 is 0 Å². The number of pyridine rings is 1. The third-order valence-corrected chi connectivity index (χ3v) is 5.07. The van der Waals surface area contributed by atoms with Gasteiger partial charge in [-0.1, -0.05) is 37.2 Å². The Morgan fingerprint density at radius 3 is 2.73 bits per heavy atom. The van der Waals surface area contributed by atoms with Crippen molar-refractivity contribution in [3.8, 4) is 0 Å². The van der Waals surface area contributed by atoms with Crippen molar-refractivity contribution < 1.29 is 4.57 Å². The van der Waals surface area contributed by atoms with Crippen molar-refractivity contribution in [2.75, 3.05) is 11.4 Å². The van der Waals surface area contributed by atoms with Crippen molar-refractivity contribution in [2.24, 2.45) is 0 Å². The smallest absolute Gasteiger partial charge is 0.207 e. The summed E-state index contributed by atoms with van der Waals surface area (Å²) < 4.78 is 2.36. The number of fused-ring (bicyclic) bond motifs is 1. The van der Waals surface area contributed by atoms with Crippen molar-refractivity contribution >= 4 is 23.5 Å². The first-order valence-corrected chi connectivity index (χ1v) is 8.89. The number of para-hydroxylation sites is 1. The van der Waals surface area contributed by atoms with Crippen LogP contribution in [0.25, 0.3) is 6.08 Å². The fraction of sp³-hybridized carbons (Fsp3) is 0.316. The van der Waals surface area contributed by atoms with Crippen LogP contribution in [0.1, 0.15) is 32.4 Å². The van der Waals surface area contributed by atoms with Gasteiger partial charge in [0.2, 0.25) is 5.69 Å². The summed E-state index contributed by atoms with van der Waals surface area (Å²) in [6.45, 7) is 6.54. The summed E-state index contributed by atoms with van der Waals surface area (Å²) in [6.07, 6.45) is 6.95. The van der Waals surface area contributed by atoms with Gasteiger partial charge in [0, 0.05) is 36.1 Å². The van der Waals surface area contributed by atoms with Crippen LogP contribution in [0.15, 0.2) is 58.6 Å². The fourth-order valence-electron chi connectivity index (χ4n) is 2.77. The average Bonchev–Trinajstić information content (AvgIpc) is 2.91. The standard InChI is InChI=1S/C19H23N2S/c1-3-5-13-20-14-9-8-10-16(20)15-19-21(4-2)17-11-6-7-12-18(17)22-19/h6-12,14-15H,3-5,13H2,1-2H3/q+1. The SMILES string of the molecule is CCCC[n+]1ccccc1C=C1Sc2ccccc2N1CC.